The van der Waals surface area contributed by atoms with Gasteiger partial charge in [-0.25, -0.2) is 8.42 Å². The third kappa shape index (κ3) is 3.91. The van der Waals surface area contributed by atoms with E-state index in [4.69, 9.17) is 0 Å². The zero-order valence-electron chi connectivity index (χ0n) is 9.61. The van der Waals surface area contributed by atoms with Crippen LogP contribution in [-0.2, 0) is 16.3 Å². The molecule has 0 heterocycles. The first kappa shape index (κ1) is 13.7. The van der Waals surface area contributed by atoms with Crippen LogP contribution in [0.15, 0.2) is 29.2 Å². The smallest absolute Gasteiger partial charge is 0.175 e. The van der Waals surface area contributed by atoms with Gasteiger partial charge in [-0.05, 0) is 24.5 Å². The third-order valence-corrected chi connectivity index (χ3v) is 4.39. The zero-order valence-corrected chi connectivity index (χ0v) is 12.0. The van der Waals surface area contributed by atoms with Gasteiger partial charge < -0.3 is 0 Å². The van der Waals surface area contributed by atoms with Crippen LogP contribution in [0.25, 0.3) is 0 Å². The molecule has 0 aliphatic carbocycles. The summed E-state index contributed by atoms with van der Waals surface area (Å²) < 4.78 is 23.2. The van der Waals surface area contributed by atoms with E-state index in [1.165, 1.54) is 6.26 Å². The van der Waals surface area contributed by atoms with Crippen molar-refractivity contribution in [2.75, 3.05) is 6.26 Å². The first-order chi connectivity index (χ1) is 7.45. The highest BCUT2D eigenvalue weighted by atomic mass is 79.9. The van der Waals surface area contributed by atoms with Crippen molar-refractivity contribution in [3.63, 3.8) is 0 Å². The van der Waals surface area contributed by atoms with Crippen molar-refractivity contribution in [2.24, 2.45) is 0 Å². The van der Waals surface area contributed by atoms with E-state index in [2.05, 4.69) is 22.9 Å². The Kier molecular flexibility index (Phi) is 4.99. The monoisotopic (exact) mass is 304 g/mol. The average Bonchev–Trinajstić information content (AvgIpc) is 2.17. The van der Waals surface area contributed by atoms with E-state index in [0.717, 1.165) is 24.8 Å². The van der Waals surface area contributed by atoms with E-state index in [1.807, 2.05) is 12.1 Å². The molecule has 1 atom stereocenters. The molecule has 2 nitrogen and oxygen atoms in total. The Labute approximate surface area is 106 Å². The summed E-state index contributed by atoms with van der Waals surface area (Å²) in [4.78, 5) is 0.802. The van der Waals surface area contributed by atoms with Gasteiger partial charge in [0.1, 0.15) is 0 Å². The number of alkyl halides is 1. The van der Waals surface area contributed by atoms with Crippen LogP contribution in [0.4, 0.5) is 0 Å². The number of hydrogen-bond donors (Lipinski definition) is 0. The second-order valence-electron chi connectivity index (χ2n) is 3.97. The minimum atomic E-state index is -3.11. The van der Waals surface area contributed by atoms with E-state index in [1.54, 1.807) is 12.1 Å². The van der Waals surface area contributed by atoms with Crippen LogP contribution in [0.1, 0.15) is 25.3 Å². The SMILES string of the molecule is CCCC(Br)Cc1ccccc1S(C)(=O)=O. The van der Waals surface area contributed by atoms with Gasteiger partial charge in [0, 0.05) is 11.1 Å². The second-order valence-corrected chi connectivity index (χ2v) is 7.25. The lowest BCUT2D eigenvalue weighted by atomic mass is 10.1. The summed E-state index contributed by atoms with van der Waals surface area (Å²) in [7, 11) is -3.11. The molecule has 1 aromatic rings. The molecule has 0 saturated heterocycles. The van der Waals surface area contributed by atoms with E-state index in [-0.39, 0.29) is 0 Å². The molecule has 1 unspecified atom stereocenters. The molecule has 0 aliphatic rings. The van der Waals surface area contributed by atoms with Gasteiger partial charge in [-0.3, -0.25) is 0 Å². The third-order valence-electron chi connectivity index (χ3n) is 2.42. The van der Waals surface area contributed by atoms with Gasteiger partial charge in [0.15, 0.2) is 9.84 Å². The number of benzene rings is 1. The normalized spacial score (nSPS) is 13.7. The number of sulfone groups is 1. The molecule has 1 aromatic carbocycles. The fraction of sp³-hybridized carbons (Fsp3) is 0.500. The van der Waals surface area contributed by atoms with Crippen LogP contribution < -0.4 is 0 Å². The second kappa shape index (κ2) is 5.82. The van der Waals surface area contributed by atoms with E-state index >= 15 is 0 Å². The maximum Gasteiger partial charge on any atom is 0.175 e. The summed E-state index contributed by atoms with van der Waals surface area (Å²) >= 11 is 3.58. The van der Waals surface area contributed by atoms with Crippen LogP contribution in [0.5, 0.6) is 0 Å². The number of hydrogen-bond acceptors (Lipinski definition) is 2. The Balaban J connectivity index is 2.96. The quantitative estimate of drug-likeness (QED) is 0.783. The molecule has 0 aliphatic heterocycles. The van der Waals surface area contributed by atoms with Crippen molar-refractivity contribution in [1.82, 2.24) is 0 Å². The fourth-order valence-corrected chi connectivity index (χ4v) is 3.45. The molecule has 0 spiro atoms. The highest BCUT2D eigenvalue weighted by molar-refractivity contribution is 9.09. The van der Waals surface area contributed by atoms with Crippen molar-refractivity contribution in [3.05, 3.63) is 29.8 Å². The summed E-state index contributed by atoms with van der Waals surface area (Å²) in [5, 5.41) is 0. The molecule has 16 heavy (non-hydrogen) atoms. The van der Waals surface area contributed by atoms with Crippen molar-refractivity contribution in [2.45, 2.75) is 35.9 Å². The Hall–Kier alpha value is -0.350. The van der Waals surface area contributed by atoms with Crippen LogP contribution in [0.3, 0.4) is 0 Å². The largest absolute Gasteiger partial charge is 0.224 e. The summed E-state index contributed by atoms with van der Waals surface area (Å²) in [6, 6.07) is 7.22. The summed E-state index contributed by atoms with van der Waals surface area (Å²) in [5.74, 6) is 0. The molecule has 4 heteroatoms. The molecule has 0 amide bonds. The fourth-order valence-electron chi connectivity index (χ4n) is 1.69. The van der Waals surface area contributed by atoms with E-state index in [9.17, 15) is 8.42 Å². The highest BCUT2D eigenvalue weighted by Crippen LogP contribution is 2.21. The van der Waals surface area contributed by atoms with Gasteiger partial charge in [0.2, 0.25) is 0 Å². The topological polar surface area (TPSA) is 34.1 Å². The standard InChI is InChI=1S/C12H17BrO2S/c1-3-6-11(13)9-10-7-4-5-8-12(10)16(2,14)15/h4-5,7-8,11H,3,6,9H2,1-2H3. The van der Waals surface area contributed by atoms with Crippen LogP contribution in [0.2, 0.25) is 0 Å². The minimum Gasteiger partial charge on any atom is -0.224 e. The molecule has 0 saturated carbocycles. The molecule has 0 N–H and O–H groups in total. The van der Waals surface area contributed by atoms with Crippen molar-refractivity contribution < 1.29 is 8.42 Å². The van der Waals surface area contributed by atoms with Crippen LogP contribution >= 0.6 is 15.9 Å². The lowest BCUT2D eigenvalue weighted by Crippen LogP contribution is -2.08. The molecule has 90 valence electrons. The number of halogens is 1. The zero-order chi connectivity index (χ0) is 12.2. The minimum absolute atomic E-state index is 0.348. The average molecular weight is 305 g/mol. The molecule has 1 rings (SSSR count). The number of rotatable bonds is 5. The van der Waals surface area contributed by atoms with Crippen molar-refractivity contribution >= 4 is 25.8 Å². The molecule has 0 fully saturated rings. The Morgan fingerprint density at radius 3 is 2.50 bits per heavy atom. The van der Waals surface area contributed by atoms with Crippen LogP contribution in [-0.4, -0.2) is 19.5 Å². The van der Waals surface area contributed by atoms with E-state index < -0.39 is 9.84 Å². The molecule has 0 bridgehead atoms. The van der Waals surface area contributed by atoms with Crippen molar-refractivity contribution in [1.29, 1.82) is 0 Å². The van der Waals surface area contributed by atoms with Gasteiger partial charge >= 0.3 is 0 Å². The first-order valence-corrected chi connectivity index (χ1v) is 8.18. The summed E-state index contributed by atoms with van der Waals surface area (Å²) in [6.45, 7) is 2.12. The first-order valence-electron chi connectivity index (χ1n) is 5.37. The molecular weight excluding hydrogens is 288 g/mol. The molecule has 0 aromatic heterocycles. The summed E-state index contributed by atoms with van der Waals surface area (Å²) in [5.41, 5.74) is 0.903. The van der Waals surface area contributed by atoms with Gasteiger partial charge in [0.05, 0.1) is 4.90 Å². The predicted molar refractivity (Wildman–Crippen MR) is 70.9 cm³/mol. The lowest BCUT2D eigenvalue weighted by Gasteiger charge is -2.11. The van der Waals surface area contributed by atoms with Gasteiger partial charge in [-0.15, -0.1) is 0 Å². The molecular formula is C12H17BrO2S. The molecule has 0 radical (unpaired) electrons. The Morgan fingerprint density at radius 2 is 1.94 bits per heavy atom. The van der Waals surface area contributed by atoms with Crippen LogP contribution in [0, 0.1) is 0 Å². The maximum atomic E-state index is 11.6. The van der Waals surface area contributed by atoms with Gasteiger partial charge in [0.25, 0.3) is 0 Å². The highest BCUT2D eigenvalue weighted by Gasteiger charge is 2.14. The summed E-state index contributed by atoms with van der Waals surface area (Å²) in [6.07, 6.45) is 4.17. The van der Waals surface area contributed by atoms with Crippen molar-refractivity contribution in [3.8, 4) is 0 Å². The Morgan fingerprint density at radius 1 is 1.31 bits per heavy atom. The van der Waals surface area contributed by atoms with E-state index in [0.29, 0.717) is 9.72 Å². The van der Waals surface area contributed by atoms with Gasteiger partial charge in [-0.2, -0.15) is 0 Å². The lowest BCUT2D eigenvalue weighted by molar-refractivity contribution is 0.600. The predicted octanol–water partition coefficient (Wildman–Crippen LogP) is 3.20. The Bertz CT molecular complexity index is 440. The maximum absolute atomic E-state index is 11.6. The van der Waals surface area contributed by atoms with Gasteiger partial charge in [-0.1, -0.05) is 47.5 Å².